The largest absolute Gasteiger partial charge is 0.481 e. The molecular formula is C17H20N2O3. The highest BCUT2D eigenvalue weighted by atomic mass is 16.4. The fourth-order valence-electron chi connectivity index (χ4n) is 3.15. The first kappa shape index (κ1) is 14.6. The third-order valence-electron chi connectivity index (χ3n) is 4.56. The number of amides is 1. The van der Waals surface area contributed by atoms with Crippen molar-refractivity contribution in [2.75, 3.05) is 6.54 Å². The topological polar surface area (TPSA) is 82.2 Å². The predicted molar refractivity (Wildman–Crippen MR) is 83.7 cm³/mol. The number of nitrogens with one attached hydrogen (secondary N) is 2. The zero-order valence-electron chi connectivity index (χ0n) is 12.3. The van der Waals surface area contributed by atoms with Crippen molar-refractivity contribution in [2.24, 2.45) is 11.8 Å². The van der Waals surface area contributed by atoms with Gasteiger partial charge in [0.25, 0.3) is 5.91 Å². The molecular weight excluding hydrogens is 280 g/mol. The van der Waals surface area contributed by atoms with Gasteiger partial charge in [0.1, 0.15) is 0 Å². The van der Waals surface area contributed by atoms with Crippen molar-refractivity contribution in [1.82, 2.24) is 10.3 Å². The molecule has 0 saturated heterocycles. The Morgan fingerprint density at radius 2 is 1.95 bits per heavy atom. The minimum Gasteiger partial charge on any atom is -0.481 e. The van der Waals surface area contributed by atoms with Gasteiger partial charge in [-0.2, -0.15) is 0 Å². The average molecular weight is 300 g/mol. The van der Waals surface area contributed by atoms with Gasteiger partial charge in [-0.1, -0.05) is 0 Å². The van der Waals surface area contributed by atoms with Crippen molar-refractivity contribution in [3.8, 4) is 0 Å². The van der Waals surface area contributed by atoms with E-state index in [9.17, 15) is 9.59 Å². The van der Waals surface area contributed by atoms with Gasteiger partial charge in [-0.3, -0.25) is 9.59 Å². The van der Waals surface area contributed by atoms with Gasteiger partial charge in [-0.15, -0.1) is 0 Å². The minimum atomic E-state index is -0.692. The van der Waals surface area contributed by atoms with Gasteiger partial charge in [0.15, 0.2) is 0 Å². The van der Waals surface area contributed by atoms with Crippen molar-refractivity contribution in [2.45, 2.75) is 25.7 Å². The Bertz CT molecular complexity index is 684. The van der Waals surface area contributed by atoms with Gasteiger partial charge >= 0.3 is 5.97 Å². The lowest BCUT2D eigenvalue weighted by Gasteiger charge is -2.26. The number of fused-ring (bicyclic) bond motifs is 1. The summed E-state index contributed by atoms with van der Waals surface area (Å²) in [5.74, 6) is -0.579. The SMILES string of the molecule is O=C(NCC1CCC(C(=O)O)CC1)c1ccc2[nH]ccc2c1. The molecule has 0 atom stereocenters. The summed E-state index contributed by atoms with van der Waals surface area (Å²) in [4.78, 5) is 26.2. The minimum absolute atomic E-state index is 0.0662. The number of carbonyl (C=O) groups is 2. The van der Waals surface area contributed by atoms with E-state index in [1.54, 1.807) is 0 Å². The monoisotopic (exact) mass is 300 g/mol. The number of aliphatic carboxylic acids is 1. The first-order valence-corrected chi connectivity index (χ1v) is 7.71. The van der Waals surface area contributed by atoms with E-state index in [2.05, 4.69) is 10.3 Å². The van der Waals surface area contributed by atoms with E-state index in [0.29, 0.717) is 30.9 Å². The lowest BCUT2D eigenvalue weighted by molar-refractivity contribution is -0.143. The molecule has 1 aromatic heterocycles. The number of hydrogen-bond donors (Lipinski definition) is 3. The van der Waals surface area contributed by atoms with Crippen LogP contribution in [0.3, 0.4) is 0 Å². The lowest BCUT2D eigenvalue weighted by atomic mass is 9.82. The lowest BCUT2D eigenvalue weighted by Crippen LogP contribution is -2.32. The summed E-state index contributed by atoms with van der Waals surface area (Å²) in [6.07, 6.45) is 5.02. The number of H-pyrrole nitrogens is 1. The van der Waals surface area contributed by atoms with Gasteiger partial charge in [0.05, 0.1) is 5.92 Å². The Balaban J connectivity index is 1.53. The standard InChI is InChI=1S/C17H20N2O3/c20-16(14-5-6-15-13(9-14)7-8-18-15)19-10-11-1-3-12(4-2-11)17(21)22/h5-9,11-12,18H,1-4,10H2,(H,19,20)(H,21,22). The van der Waals surface area contributed by atoms with Crippen molar-refractivity contribution in [1.29, 1.82) is 0 Å². The Kier molecular flexibility index (Phi) is 4.13. The van der Waals surface area contributed by atoms with E-state index in [4.69, 9.17) is 5.11 Å². The molecule has 2 aromatic rings. The second-order valence-corrected chi connectivity index (χ2v) is 6.05. The molecule has 0 aliphatic heterocycles. The maximum absolute atomic E-state index is 12.2. The van der Waals surface area contributed by atoms with Crippen LogP contribution in [0.15, 0.2) is 30.5 Å². The fourth-order valence-corrected chi connectivity index (χ4v) is 3.15. The van der Waals surface area contributed by atoms with Gasteiger partial charge in [0, 0.05) is 29.2 Å². The maximum Gasteiger partial charge on any atom is 0.306 e. The molecule has 1 aliphatic rings. The zero-order valence-corrected chi connectivity index (χ0v) is 12.3. The Labute approximate surface area is 128 Å². The summed E-state index contributed by atoms with van der Waals surface area (Å²) >= 11 is 0. The van der Waals surface area contributed by atoms with Crippen LogP contribution in [-0.2, 0) is 4.79 Å². The molecule has 1 aliphatic carbocycles. The number of hydrogen-bond acceptors (Lipinski definition) is 2. The molecule has 1 heterocycles. The third-order valence-corrected chi connectivity index (χ3v) is 4.56. The predicted octanol–water partition coefficient (Wildman–Crippen LogP) is 2.79. The first-order chi connectivity index (χ1) is 10.6. The molecule has 1 amide bonds. The molecule has 5 heteroatoms. The van der Waals surface area contributed by atoms with E-state index in [0.717, 1.165) is 23.7 Å². The molecule has 116 valence electrons. The fraction of sp³-hybridized carbons (Fsp3) is 0.412. The second-order valence-electron chi connectivity index (χ2n) is 6.05. The van der Waals surface area contributed by atoms with Crippen LogP contribution in [0.25, 0.3) is 10.9 Å². The molecule has 0 spiro atoms. The smallest absolute Gasteiger partial charge is 0.306 e. The van der Waals surface area contributed by atoms with Crippen LogP contribution in [-0.4, -0.2) is 28.5 Å². The second kappa shape index (κ2) is 6.22. The molecule has 0 unspecified atom stereocenters. The number of benzene rings is 1. The normalized spacial score (nSPS) is 21.6. The summed E-state index contributed by atoms with van der Waals surface area (Å²) in [6, 6.07) is 7.54. The summed E-state index contributed by atoms with van der Waals surface area (Å²) < 4.78 is 0. The number of carboxylic acids is 1. The zero-order chi connectivity index (χ0) is 15.5. The van der Waals surface area contributed by atoms with Crippen molar-refractivity contribution in [3.63, 3.8) is 0 Å². The van der Waals surface area contributed by atoms with Crippen LogP contribution in [0.1, 0.15) is 36.0 Å². The van der Waals surface area contributed by atoms with Gasteiger partial charge in [0.2, 0.25) is 0 Å². The summed E-state index contributed by atoms with van der Waals surface area (Å²) in [5.41, 5.74) is 1.68. The number of aromatic nitrogens is 1. The van der Waals surface area contributed by atoms with Crippen molar-refractivity contribution in [3.05, 3.63) is 36.0 Å². The summed E-state index contributed by atoms with van der Waals surface area (Å²) in [5, 5.41) is 13.0. The molecule has 1 fully saturated rings. The highest BCUT2D eigenvalue weighted by Gasteiger charge is 2.26. The number of rotatable bonds is 4. The summed E-state index contributed by atoms with van der Waals surface area (Å²) in [7, 11) is 0. The Morgan fingerprint density at radius 1 is 1.18 bits per heavy atom. The van der Waals surface area contributed by atoms with Crippen LogP contribution in [0, 0.1) is 11.8 Å². The van der Waals surface area contributed by atoms with E-state index < -0.39 is 5.97 Å². The molecule has 1 aromatic carbocycles. The molecule has 3 rings (SSSR count). The van der Waals surface area contributed by atoms with Crippen LogP contribution < -0.4 is 5.32 Å². The Hall–Kier alpha value is -2.30. The first-order valence-electron chi connectivity index (χ1n) is 7.71. The molecule has 0 bridgehead atoms. The van der Waals surface area contributed by atoms with Crippen molar-refractivity contribution >= 4 is 22.8 Å². The van der Waals surface area contributed by atoms with E-state index in [-0.39, 0.29) is 11.8 Å². The van der Waals surface area contributed by atoms with Crippen LogP contribution in [0.4, 0.5) is 0 Å². The molecule has 1 saturated carbocycles. The highest BCUT2D eigenvalue weighted by Crippen LogP contribution is 2.28. The quantitative estimate of drug-likeness (QED) is 0.812. The van der Waals surface area contributed by atoms with E-state index in [1.165, 1.54) is 0 Å². The Morgan fingerprint density at radius 3 is 2.68 bits per heavy atom. The maximum atomic E-state index is 12.2. The third kappa shape index (κ3) is 3.13. The van der Waals surface area contributed by atoms with Crippen LogP contribution in [0.5, 0.6) is 0 Å². The van der Waals surface area contributed by atoms with Crippen LogP contribution in [0.2, 0.25) is 0 Å². The van der Waals surface area contributed by atoms with E-state index in [1.807, 2.05) is 30.5 Å². The molecule has 0 radical (unpaired) electrons. The summed E-state index contributed by atoms with van der Waals surface area (Å²) in [6.45, 7) is 0.621. The number of carbonyl (C=O) groups excluding carboxylic acids is 1. The van der Waals surface area contributed by atoms with Crippen LogP contribution >= 0.6 is 0 Å². The van der Waals surface area contributed by atoms with Crippen molar-refractivity contribution < 1.29 is 14.7 Å². The number of carboxylic acid groups (broad SMARTS) is 1. The number of aromatic amines is 1. The van der Waals surface area contributed by atoms with Gasteiger partial charge in [-0.05, 0) is 55.9 Å². The highest BCUT2D eigenvalue weighted by molar-refractivity contribution is 5.98. The molecule has 3 N–H and O–H groups in total. The molecule has 22 heavy (non-hydrogen) atoms. The molecule has 5 nitrogen and oxygen atoms in total. The average Bonchev–Trinajstić information content (AvgIpc) is 3.00. The van der Waals surface area contributed by atoms with Gasteiger partial charge < -0.3 is 15.4 Å². The van der Waals surface area contributed by atoms with E-state index >= 15 is 0 Å². The van der Waals surface area contributed by atoms with Gasteiger partial charge in [-0.25, -0.2) is 0 Å².